The molecular weight excluding hydrogens is 206 g/mol. The van der Waals surface area contributed by atoms with Crippen LogP contribution in [-0.2, 0) is 0 Å². The van der Waals surface area contributed by atoms with Crippen LogP contribution in [-0.4, -0.2) is 19.0 Å². The third kappa shape index (κ3) is 3.42. The summed E-state index contributed by atoms with van der Waals surface area (Å²) in [5.74, 6) is 1.26. The second kappa shape index (κ2) is 6.02. The summed E-state index contributed by atoms with van der Waals surface area (Å²) in [7, 11) is 0. The van der Waals surface area contributed by atoms with Gasteiger partial charge in [-0.05, 0) is 31.4 Å². The minimum atomic E-state index is 0.534. The molecule has 1 nitrogen and oxygen atoms in total. The highest BCUT2D eigenvalue weighted by molar-refractivity contribution is 6.18. The first-order valence-corrected chi connectivity index (χ1v) is 6.09. The van der Waals surface area contributed by atoms with Crippen LogP contribution in [0.4, 0.5) is 5.69 Å². The minimum Gasteiger partial charge on any atom is -0.371 e. The molecule has 15 heavy (non-hydrogen) atoms. The molecule has 84 valence electrons. The third-order valence-corrected chi connectivity index (χ3v) is 3.16. The zero-order valence-corrected chi connectivity index (χ0v) is 10.6. The zero-order valence-electron chi connectivity index (χ0n) is 9.83. The molecule has 0 aliphatic heterocycles. The van der Waals surface area contributed by atoms with E-state index in [9.17, 15) is 0 Å². The number of hydrogen-bond acceptors (Lipinski definition) is 1. The molecule has 2 heteroatoms. The molecule has 0 saturated heterocycles. The molecule has 0 radical (unpaired) electrons. The number of aryl methyl sites for hydroxylation is 1. The lowest BCUT2D eigenvalue weighted by atomic mass is 10.1. The molecule has 1 rings (SSSR count). The number of alkyl halides is 1. The Hall–Kier alpha value is -0.690. The Labute approximate surface area is 98.0 Å². The fourth-order valence-corrected chi connectivity index (χ4v) is 1.84. The van der Waals surface area contributed by atoms with Gasteiger partial charge < -0.3 is 4.90 Å². The average molecular weight is 226 g/mol. The third-order valence-electron chi connectivity index (χ3n) is 2.63. The van der Waals surface area contributed by atoms with Crippen LogP contribution >= 0.6 is 11.6 Å². The maximum absolute atomic E-state index is 5.85. The quantitative estimate of drug-likeness (QED) is 0.691. The van der Waals surface area contributed by atoms with Crippen molar-refractivity contribution in [2.45, 2.75) is 20.8 Å². The van der Waals surface area contributed by atoms with Crippen molar-refractivity contribution in [1.29, 1.82) is 0 Å². The summed E-state index contributed by atoms with van der Waals surface area (Å²) < 4.78 is 0. The largest absolute Gasteiger partial charge is 0.371 e. The van der Waals surface area contributed by atoms with Gasteiger partial charge in [-0.2, -0.15) is 0 Å². The van der Waals surface area contributed by atoms with E-state index in [1.807, 2.05) is 0 Å². The molecule has 0 aromatic heterocycles. The van der Waals surface area contributed by atoms with Crippen LogP contribution in [0.3, 0.4) is 0 Å². The number of rotatable bonds is 5. The number of hydrogen-bond donors (Lipinski definition) is 0. The van der Waals surface area contributed by atoms with Crippen LogP contribution in [0.25, 0.3) is 0 Å². The van der Waals surface area contributed by atoms with Gasteiger partial charge in [0, 0.05) is 24.7 Å². The molecular formula is C13H20ClN. The summed E-state index contributed by atoms with van der Waals surface area (Å²) in [5, 5.41) is 0. The highest BCUT2D eigenvalue weighted by Crippen LogP contribution is 2.20. The number of nitrogens with zero attached hydrogens (tertiary/aromatic N) is 1. The number of anilines is 1. The molecule has 0 amide bonds. The normalized spacial score (nSPS) is 12.5. The summed E-state index contributed by atoms with van der Waals surface area (Å²) in [6, 6.07) is 8.51. The highest BCUT2D eigenvalue weighted by atomic mass is 35.5. The fourth-order valence-electron chi connectivity index (χ4n) is 1.74. The first-order valence-electron chi connectivity index (χ1n) is 5.55. The Morgan fingerprint density at radius 1 is 1.33 bits per heavy atom. The number of halogens is 1. The Balaban J connectivity index is 2.78. The molecule has 1 unspecified atom stereocenters. The van der Waals surface area contributed by atoms with Crippen LogP contribution < -0.4 is 4.90 Å². The van der Waals surface area contributed by atoms with Gasteiger partial charge >= 0.3 is 0 Å². The van der Waals surface area contributed by atoms with E-state index in [4.69, 9.17) is 11.6 Å². The van der Waals surface area contributed by atoms with Gasteiger partial charge in [0.05, 0.1) is 0 Å². The minimum absolute atomic E-state index is 0.534. The fraction of sp³-hybridized carbons (Fsp3) is 0.538. The van der Waals surface area contributed by atoms with E-state index in [-0.39, 0.29) is 0 Å². The predicted octanol–water partition coefficient (Wildman–Crippen LogP) is 3.70. The molecule has 0 spiro atoms. The zero-order chi connectivity index (χ0) is 11.3. The first kappa shape index (κ1) is 12.4. The molecule has 0 bridgehead atoms. The highest BCUT2D eigenvalue weighted by Gasteiger charge is 2.10. The standard InChI is InChI=1S/C13H20ClN/c1-4-15(10-11(2)9-14)13-8-6-5-7-12(13)3/h5-8,11H,4,9-10H2,1-3H3. The molecule has 0 aliphatic carbocycles. The van der Waals surface area contributed by atoms with E-state index in [1.54, 1.807) is 0 Å². The monoisotopic (exact) mass is 225 g/mol. The van der Waals surface area contributed by atoms with E-state index >= 15 is 0 Å². The Bertz CT molecular complexity index is 298. The number of benzene rings is 1. The Morgan fingerprint density at radius 3 is 2.53 bits per heavy atom. The second-order valence-electron chi connectivity index (χ2n) is 4.08. The molecule has 0 aliphatic rings. The summed E-state index contributed by atoms with van der Waals surface area (Å²) in [4.78, 5) is 2.39. The van der Waals surface area contributed by atoms with Gasteiger partial charge in [-0.3, -0.25) is 0 Å². The van der Waals surface area contributed by atoms with Crippen molar-refractivity contribution in [3.05, 3.63) is 29.8 Å². The van der Waals surface area contributed by atoms with Crippen LogP contribution in [0.2, 0.25) is 0 Å². The van der Waals surface area contributed by atoms with E-state index < -0.39 is 0 Å². The lowest BCUT2D eigenvalue weighted by molar-refractivity contribution is 0.624. The molecule has 0 fully saturated rings. The van der Waals surface area contributed by atoms with E-state index in [0.29, 0.717) is 5.92 Å². The van der Waals surface area contributed by atoms with E-state index in [0.717, 1.165) is 19.0 Å². The number of para-hydroxylation sites is 1. The molecule has 0 heterocycles. The van der Waals surface area contributed by atoms with Gasteiger partial charge in [-0.1, -0.05) is 25.1 Å². The maximum atomic E-state index is 5.85. The van der Waals surface area contributed by atoms with Gasteiger partial charge in [0.1, 0.15) is 0 Å². The Kier molecular flexibility index (Phi) is 4.97. The van der Waals surface area contributed by atoms with Crippen molar-refractivity contribution in [3.63, 3.8) is 0 Å². The molecule has 1 aromatic carbocycles. The smallest absolute Gasteiger partial charge is 0.0395 e. The van der Waals surface area contributed by atoms with Crippen LogP contribution in [0, 0.1) is 12.8 Å². The second-order valence-corrected chi connectivity index (χ2v) is 4.39. The van der Waals surface area contributed by atoms with Gasteiger partial charge in [-0.15, -0.1) is 11.6 Å². The van der Waals surface area contributed by atoms with E-state index in [1.165, 1.54) is 11.3 Å². The van der Waals surface area contributed by atoms with E-state index in [2.05, 4.69) is 49.9 Å². The maximum Gasteiger partial charge on any atom is 0.0395 e. The SMILES string of the molecule is CCN(CC(C)CCl)c1ccccc1C. The Morgan fingerprint density at radius 2 is 2.00 bits per heavy atom. The van der Waals surface area contributed by atoms with Crippen molar-refractivity contribution >= 4 is 17.3 Å². The van der Waals surface area contributed by atoms with Crippen molar-refractivity contribution in [3.8, 4) is 0 Å². The summed E-state index contributed by atoms with van der Waals surface area (Å²) in [6.07, 6.45) is 0. The summed E-state index contributed by atoms with van der Waals surface area (Å²) in [6.45, 7) is 8.60. The topological polar surface area (TPSA) is 3.24 Å². The van der Waals surface area contributed by atoms with Crippen molar-refractivity contribution in [1.82, 2.24) is 0 Å². The lowest BCUT2D eigenvalue weighted by Crippen LogP contribution is -2.29. The van der Waals surface area contributed by atoms with Gasteiger partial charge in [-0.25, -0.2) is 0 Å². The average Bonchev–Trinajstić information content (AvgIpc) is 2.26. The van der Waals surface area contributed by atoms with Gasteiger partial charge in [0.2, 0.25) is 0 Å². The summed E-state index contributed by atoms with van der Waals surface area (Å²) >= 11 is 5.85. The molecule has 1 aromatic rings. The lowest BCUT2D eigenvalue weighted by Gasteiger charge is -2.27. The molecule has 0 N–H and O–H groups in total. The first-order chi connectivity index (χ1) is 7.19. The van der Waals surface area contributed by atoms with Crippen molar-refractivity contribution < 1.29 is 0 Å². The van der Waals surface area contributed by atoms with Crippen LogP contribution in [0.1, 0.15) is 19.4 Å². The van der Waals surface area contributed by atoms with Crippen LogP contribution in [0.15, 0.2) is 24.3 Å². The molecule has 1 atom stereocenters. The predicted molar refractivity (Wildman–Crippen MR) is 69.0 cm³/mol. The van der Waals surface area contributed by atoms with Crippen LogP contribution in [0.5, 0.6) is 0 Å². The van der Waals surface area contributed by atoms with Gasteiger partial charge in [0.25, 0.3) is 0 Å². The van der Waals surface area contributed by atoms with Crippen molar-refractivity contribution in [2.75, 3.05) is 23.9 Å². The van der Waals surface area contributed by atoms with Crippen molar-refractivity contribution in [2.24, 2.45) is 5.92 Å². The summed E-state index contributed by atoms with van der Waals surface area (Å²) in [5.41, 5.74) is 2.66. The molecule has 0 saturated carbocycles. The van der Waals surface area contributed by atoms with Gasteiger partial charge in [0.15, 0.2) is 0 Å².